The first-order chi connectivity index (χ1) is 18.4. The van der Waals surface area contributed by atoms with Crippen LogP contribution in [0.3, 0.4) is 0 Å². The zero-order valence-corrected chi connectivity index (χ0v) is 23.6. The maximum absolute atomic E-state index is 13.1. The third-order valence-electron chi connectivity index (χ3n) is 8.15. The maximum atomic E-state index is 13.1. The predicted octanol–water partition coefficient (Wildman–Crippen LogP) is 5.73. The number of alkyl halides is 3. The zero-order chi connectivity index (χ0) is 28.4. The summed E-state index contributed by atoms with van der Waals surface area (Å²) in [6.45, 7) is 7.69. The van der Waals surface area contributed by atoms with E-state index in [1.165, 1.54) is 0 Å². The van der Waals surface area contributed by atoms with Crippen molar-refractivity contribution in [3.8, 4) is 0 Å². The summed E-state index contributed by atoms with van der Waals surface area (Å²) in [5.41, 5.74) is 3.25. The van der Waals surface area contributed by atoms with Crippen LogP contribution in [0.4, 0.5) is 13.2 Å². The monoisotopic (exact) mass is 565 g/mol. The minimum atomic E-state index is -4.09. The molecule has 2 heterocycles. The van der Waals surface area contributed by atoms with Crippen LogP contribution in [0.2, 0.25) is 0 Å². The Bertz CT molecular complexity index is 1250. The topological polar surface area (TPSA) is 79.4 Å². The molecule has 39 heavy (non-hydrogen) atoms. The molecule has 1 aromatic carbocycles. The number of sulfone groups is 1. The third kappa shape index (κ3) is 7.01. The van der Waals surface area contributed by atoms with E-state index < -0.39 is 21.9 Å². The second-order valence-electron chi connectivity index (χ2n) is 11.2. The summed E-state index contributed by atoms with van der Waals surface area (Å²) in [5.74, 6) is -0.859. The average molecular weight is 566 g/mol. The number of aromatic nitrogens is 1. The Morgan fingerprint density at radius 2 is 1.79 bits per heavy atom. The van der Waals surface area contributed by atoms with Gasteiger partial charge in [-0.05, 0) is 73.3 Å². The van der Waals surface area contributed by atoms with Gasteiger partial charge in [-0.1, -0.05) is 32.9 Å². The lowest BCUT2D eigenvalue weighted by molar-refractivity contribution is -0.184. The SMILES string of the molecule is CCS(=O)(=O)c1ccc(CNC(=O)c2cnc3c(c2)CCN(CC2CCC(C(F)(F)F)CC2)[C@H]3C(C)C)cc1. The highest BCUT2D eigenvalue weighted by Gasteiger charge is 2.42. The minimum absolute atomic E-state index is 0.0345. The summed E-state index contributed by atoms with van der Waals surface area (Å²) >= 11 is 0. The largest absolute Gasteiger partial charge is 0.391 e. The number of carbonyl (C=O) groups is 1. The lowest BCUT2D eigenvalue weighted by atomic mass is 9.80. The molecule has 1 fully saturated rings. The van der Waals surface area contributed by atoms with E-state index in [2.05, 4.69) is 24.1 Å². The molecule has 1 aliphatic carbocycles. The van der Waals surface area contributed by atoms with Crippen LogP contribution >= 0.6 is 0 Å². The van der Waals surface area contributed by atoms with E-state index in [0.717, 1.165) is 36.3 Å². The second kappa shape index (κ2) is 12.0. The molecule has 1 saturated carbocycles. The van der Waals surface area contributed by atoms with Crippen LogP contribution < -0.4 is 5.32 Å². The maximum Gasteiger partial charge on any atom is 0.391 e. The molecule has 0 spiro atoms. The number of benzene rings is 1. The molecule has 1 aromatic heterocycles. The van der Waals surface area contributed by atoms with Crippen LogP contribution in [0.15, 0.2) is 41.4 Å². The summed E-state index contributed by atoms with van der Waals surface area (Å²) in [6, 6.07) is 8.47. The Morgan fingerprint density at radius 1 is 1.13 bits per heavy atom. The molecule has 1 atom stereocenters. The molecule has 1 amide bonds. The highest BCUT2D eigenvalue weighted by Crippen LogP contribution is 2.41. The van der Waals surface area contributed by atoms with Gasteiger partial charge in [-0.3, -0.25) is 14.7 Å². The average Bonchev–Trinajstić information content (AvgIpc) is 2.91. The fourth-order valence-electron chi connectivity index (χ4n) is 5.90. The van der Waals surface area contributed by atoms with E-state index in [0.29, 0.717) is 18.4 Å². The van der Waals surface area contributed by atoms with Gasteiger partial charge in [0.15, 0.2) is 9.84 Å². The van der Waals surface area contributed by atoms with E-state index >= 15 is 0 Å². The predicted molar refractivity (Wildman–Crippen MR) is 144 cm³/mol. The van der Waals surface area contributed by atoms with Crippen molar-refractivity contribution in [1.82, 2.24) is 15.2 Å². The van der Waals surface area contributed by atoms with Gasteiger partial charge in [-0.2, -0.15) is 13.2 Å². The molecule has 214 valence electrons. The van der Waals surface area contributed by atoms with Gasteiger partial charge in [0.1, 0.15) is 0 Å². The number of fused-ring (bicyclic) bond motifs is 1. The van der Waals surface area contributed by atoms with Crippen molar-refractivity contribution < 1.29 is 26.4 Å². The van der Waals surface area contributed by atoms with Crippen LogP contribution in [0.5, 0.6) is 0 Å². The van der Waals surface area contributed by atoms with Gasteiger partial charge in [-0.25, -0.2) is 8.42 Å². The first-order valence-corrected chi connectivity index (χ1v) is 15.4. The van der Waals surface area contributed by atoms with E-state index in [9.17, 15) is 26.4 Å². The Labute approximate surface area is 229 Å². The Kier molecular flexibility index (Phi) is 9.05. The van der Waals surface area contributed by atoms with Gasteiger partial charge in [0.2, 0.25) is 0 Å². The van der Waals surface area contributed by atoms with Gasteiger partial charge in [0.05, 0.1) is 33.9 Å². The van der Waals surface area contributed by atoms with Crippen molar-refractivity contribution >= 4 is 15.7 Å². The number of hydrogen-bond donors (Lipinski definition) is 1. The fourth-order valence-corrected chi connectivity index (χ4v) is 6.78. The standard InChI is InChI=1S/C29H38F3N3O3S/c1-4-39(37,38)25-11-7-20(8-12-25)16-34-28(36)23-15-22-13-14-35(27(19(2)3)26(22)33-17-23)18-21-5-9-24(10-6-21)29(30,31)32/h7-8,11-12,15,17,19,21,24,27H,4-6,9-10,13-14,16,18H2,1-3H3,(H,34,36)/t21?,24?,27-/m0/s1. The van der Waals surface area contributed by atoms with Gasteiger partial charge < -0.3 is 5.32 Å². The normalized spacial score (nSPS) is 22.5. The summed E-state index contributed by atoms with van der Waals surface area (Å²) < 4.78 is 63.2. The molecule has 6 nitrogen and oxygen atoms in total. The molecule has 4 rings (SSSR count). The third-order valence-corrected chi connectivity index (χ3v) is 9.91. The molecule has 1 N–H and O–H groups in total. The Morgan fingerprint density at radius 3 is 2.38 bits per heavy atom. The number of nitrogens with one attached hydrogen (secondary N) is 1. The van der Waals surface area contributed by atoms with Crippen molar-refractivity contribution in [3.05, 3.63) is 58.9 Å². The molecule has 2 aliphatic rings. The van der Waals surface area contributed by atoms with Crippen LogP contribution in [0.25, 0.3) is 0 Å². The van der Waals surface area contributed by atoms with E-state index in [4.69, 9.17) is 4.98 Å². The minimum Gasteiger partial charge on any atom is -0.348 e. The number of halogens is 3. The van der Waals surface area contributed by atoms with Crippen LogP contribution in [0, 0.1) is 17.8 Å². The molecular formula is C29H38F3N3O3S. The fraction of sp³-hybridized carbons (Fsp3) is 0.586. The molecule has 0 unspecified atom stereocenters. The van der Waals surface area contributed by atoms with Crippen molar-refractivity contribution in [1.29, 1.82) is 0 Å². The number of nitrogens with zero attached hydrogens (tertiary/aromatic N) is 2. The van der Waals surface area contributed by atoms with E-state index in [1.807, 2.05) is 6.07 Å². The highest BCUT2D eigenvalue weighted by atomic mass is 32.2. The van der Waals surface area contributed by atoms with Gasteiger partial charge in [0.25, 0.3) is 5.91 Å². The van der Waals surface area contributed by atoms with E-state index in [1.54, 1.807) is 37.4 Å². The Balaban J connectivity index is 1.39. The highest BCUT2D eigenvalue weighted by molar-refractivity contribution is 7.91. The summed E-state index contributed by atoms with van der Waals surface area (Å²) in [7, 11) is -3.27. The quantitative estimate of drug-likeness (QED) is 0.442. The summed E-state index contributed by atoms with van der Waals surface area (Å²) in [5, 5.41) is 2.89. The van der Waals surface area contributed by atoms with Crippen molar-refractivity contribution in [2.45, 2.75) is 76.5 Å². The van der Waals surface area contributed by atoms with Crippen molar-refractivity contribution in [3.63, 3.8) is 0 Å². The molecule has 0 radical (unpaired) electrons. The van der Waals surface area contributed by atoms with E-state index in [-0.39, 0.29) is 53.8 Å². The summed E-state index contributed by atoms with van der Waals surface area (Å²) in [6.07, 6.45) is -0.139. The number of carbonyl (C=O) groups excluding carboxylic acids is 1. The van der Waals surface area contributed by atoms with Crippen LogP contribution in [-0.4, -0.2) is 49.2 Å². The lowest BCUT2D eigenvalue weighted by Gasteiger charge is -2.42. The number of pyridine rings is 1. The zero-order valence-electron chi connectivity index (χ0n) is 22.8. The number of rotatable bonds is 8. The molecule has 10 heteroatoms. The molecule has 0 bridgehead atoms. The molecule has 2 aromatic rings. The molecule has 1 aliphatic heterocycles. The molecule has 0 saturated heterocycles. The number of amides is 1. The first kappa shape index (κ1) is 29.5. The smallest absolute Gasteiger partial charge is 0.348 e. The lowest BCUT2D eigenvalue weighted by Crippen LogP contribution is -2.42. The van der Waals surface area contributed by atoms with Crippen molar-refractivity contribution in [2.24, 2.45) is 17.8 Å². The van der Waals surface area contributed by atoms with Gasteiger partial charge in [-0.15, -0.1) is 0 Å². The van der Waals surface area contributed by atoms with Crippen LogP contribution in [-0.2, 0) is 22.8 Å². The molecular weight excluding hydrogens is 527 g/mol. The van der Waals surface area contributed by atoms with Gasteiger partial charge in [0, 0.05) is 25.8 Å². The van der Waals surface area contributed by atoms with Crippen molar-refractivity contribution in [2.75, 3.05) is 18.8 Å². The second-order valence-corrected chi connectivity index (χ2v) is 13.5. The Hall–Kier alpha value is -2.46. The summed E-state index contributed by atoms with van der Waals surface area (Å²) in [4.78, 5) is 20.2. The first-order valence-electron chi connectivity index (χ1n) is 13.8. The number of hydrogen-bond acceptors (Lipinski definition) is 5. The van der Waals surface area contributed by atoms with Gasteiger partial charge >= 0.3 is 6.18 Å². The van der Waals surface area contributed by atoms with Crippen LogP contribution in [0.1, 0.15) is 79.7 Å².